The Morgan fingerprint density at radius 1 is 1.32 bits per heavy atom. The van der Waals surface area contributed by atoms with Gasteiger partial charge in [0.1, 0.15) is 5.75 Å². The fourth-order valence-corrected chi connectivity index (χ4v) is 2.54. The van der Waals surface area contributed by atoms with Crippen LogP contribution in [-0.4, -0.2) is 36.1 Å². The molecule has 0 radical (unpaired) electrons. The van der Waals surface area contributed by atoms with Crippen molar-refractivity contribution in [3.63, 3.8) is 0 Å². The standard InChI is InChI=1S/C16H24N2O/c1-5-18(12(2)3)9-8-13-11-17-16-7-6-14(19-4)10-15(13)16/h6-7,10-12,17H,5,8-9H2,1-4H3. The summed E-state index contributed by atoms with van der Waals surface area (Å²) in [4.78, 5) is 5.82. The van der Waals surface area contributed by atoms with Crippen LogP contribution in [0.15, 0.2) is 24.4 Å². The van der Waals surface area contributed by atoms with Crippen molar-refractivity contribution in [2.24, 2.45) is 0 Å². The minimum atomic E-state index is 0.602. The van der Waals surface area contributed by atoms with Crippen LogP contribution in [-0.2, 0) is 6.42 Å². The van der Waals surface area contributed by atoms with E-state index in [1.54, 1.807) is 7.11 Å². The van der Waals surface area contributed by atoms with Crippen molar-refractivity contribution < 1.29 is 4.74 Å². The van der Waals surface area contributed by atoms with Crippen LogP contribution in [0.25, 0.3) is 10.9 Å². The highest BCUT2D eigenvalue weighted by Gasteiger charge is 2.09. The van der Waals surface area contributed by atoms with E-state index in [2.05, 4.69) is 49.0 Å². The number of rotatable bonds is 6. The molecule has 2 rings (SSSR count). The summed E-state index contributed by atoms with van der Waals surface area (Å²) in [5, 5.41) is 1.28. The predicted octanol–water partition coefficient (Wildman–Crippen LogP) is 3.45. The number of likely N-dealkylation sites (N-methyl/N-ethyl adjacent to an activating group) is 1. The smallest absolute Gasteiger partial charge is 0.119 e. The summed E-state index contributed by atoms with van der Waals surface area (Å²) in [5.41, 5.74) is 2.55. The number of ether oxygens (including phenoxy) is 1. The third-order valence-electron chi connectivity index (χ3n) is 3.78. The zero-order chi connectivity index (χ0) is 13.8. The minimum Gasteiger partial charge on any atom is -0.497 e. The summed E-state index contributed by atoms with van der Waals surface area (Å²) in [6, 6.07) is 6.80. The molecular weight excluding hydrogens is 236 g/mol. The lowest BCUT2D eigenvalue weighted by atomic mass is 10.1. The van der Waals surface area contributed by atoms with E-state index >= 15 is 0 Å². The largest absolute Gasteiger partial charge is 0.497 e. The van der Waals surface area contributed by atoms with Crippen LogP contribution in [0.2, 0.25) is 0 Å². The van der Waals surface area contributed by atoms with Crippen LogP contribution in [0.4, 0.5) is 0 Å². The van der Waals surface area contributed by atoms with Crippen LogP contribution < -0.4 is 4.74 Å². The number of hydrogen-bond acceptors (Lipinski definition) is 2. The monoisotopic (exact) mass is 260 g/mol. The van der Waals surface area contributed by atoms with Gasteiger partial charge in [0.25, 0.3) is 0 Å². The van der Waals surface area contributed by atoms with E-state index in [0.717, 1.165) is 25.3 Å². The third-order valence-corrected chi connectivity index (χ3v) is 3.78. The highest BCUT2D eigenvalue weighted by atomic mass is 16.5. The van der Waals surface area contributed by atoms with Gasteiger partial charge in [0.2, 0.25) is 0 Å². The quantitative estimate of drug-likeness (QED) is 0.861. The SMILES string of the molecule is CCN(CCc1c[nH]c2ccc(OC)cc12)C(C)C. The van der Waals surface area contributed by atoms with Crippen molar-refractivity contribution in [3.8, 4) is 5.75 Å². The first kappa shape index (κ1) is 13.9. The molecule has 1 aromatic carbocycles. The van der Waals surface area contributed by atoms with Gasteiger partial charge in [-0.3, -0.25) is 0 Å². The van der Waals surface area contributed by atoms with Gasteiger partial charge in [-0.05, 0) is 50.6 Å². The second-order valence-electron chi connectivity index (χ2n) is 5.20. The Balaban J connectivity index is 2.16. The topological polar surface area (TPSA) is 28.3 Å². The molecule has 3 nitrogen and oxygen atoms in total. The van der Waals surface area contributed by atoms with E-state index in [1.807, 2.05) is 6.07 Å². The minimum absolute atomic E-state index is 0.602. The number of methoxy groups -OCH3 is 1. The van der Waals surface area contributed by atoms with Gasteiger partial charge in [-0.25, -0.2) is 0 Å². The fraction of sp³-hybridized carbons (Fsp3) is 0.500. The molecule has 1 heterocycles. The van der Waals surface area contributed by atoms with Crippen LogP contribution >= 0.6 is 0 Å². The second-order valence-corrected chi connectivity index (χ2v) is 5.20. The van der Waals surface area contributed by atoms with E-state index in [4.69, 9.17) is 4.74 Å². The van der Waals surface area contributed by atoms with Crippen molar-refractivity contribution in [2.45, 2.75) is 33.2 Å². The van der Waals surface area contributed by atoms with Gasteiger partial charge < -0.3 is 14.6 Å². The number of hydrogen-bond donors (Lipinski definition) is 1. The van der Waals surface area contributed by atoms with Crippen molar-refractivity contribution >= 4 is 10.9 Å². The first-order valence-electron chi connectivity index (χ1n) is 7.03. The number of aromatic nitrogens is 1. The van der Waals surface area contributed by atoms with Crippen LogP contribution in [0.5, 0.6) is 5.75 Å². The van der Waals surface area contributed by atoms with Crippen molar-refractivity contribution in [2.75, 3.05) is 20.2 Å². The lowest BCUT2D eigenvalue weighted by Crippen LogP contribution is -2.32. The number of benzene rings is 1. The fourth-order valence-electron chi connectivity index (χ4n) is 2.54. The second kappa shape index (κ2) is 6.11. The van der Waals surface area contributed by atoms with Crippen molar-refractivity contribution in [3.05, 3.63) is 30.0 Å². The Morgan fingerprint density at radius 3 is 2.74 bits per heavy atom. The lowest BCUT2D eigenvalue weighted by molar-refractivity contribution is 0.237. The molecule has 0 aliphatic rings. The van der Waals surface area contributed by atoms with E-state index in [0.29, 0.717) is 6.04 Å². The zero-order valence-corrected chi connectivity index (χ0v) is 12.4. The van der Waals surface area contributed by atoms with Gasteiger partial charge in [-0.15, -0.1) is 0 Å². The maximum absolute atomic E-state index is 5.31. The van der Waals surface area contributed by atoms with Crippen LogP contribution in [0.3, 0.4) is 0 Å². The summed E-state index contributed by atoms with van der Waals surface area (Å²) in [7, 11) is 1.71. The molecule has 0 saturated heterocycles. The molecular formula is C16H24N2O. The normalized spacial score (nSPS) is 11.7. The molecule has 0 aliphatic carbocycles. The highest BCUT2D eigenvalue weighted by Crippen LogP contribution is 2.24. The molecule has 104 valence electrons. The maximum Gasteiger partial charge on any atom is 0.119 e. The first-order valence-corrected chi connectivity index (χ1v) is 7.03. The zero-order valence-electron chi connectivity index (χ0n) is 12.4. The molecule has 0 fully saturated rings. The molecule has 0 unspecified atom stereocenters. The maximum atomic E-state index is 5.31. The predicted molar refractivity (Wildman–Crippen MR) is 80.9 cm³/mol. The van der Waals surface area contributed by atoms with Gasteiger partial charge in [0.15, 0.2) is 0 Å². The summed E-state index contributed by atoms with van der Waals surface area (Å²) >= 11 is 0. The molecule has 0 bridgehead atoms. The van der Waals surface area contributed by atoms with Gasteiger partial charge in [-0.2, -0.15) is 0 Å². The number of nitrogens with one attached hydrogen (secondary N) is 1. The summed E-state index contributed by atoms with van der Waals surface area (Å²) in [6.07, 6.45) is 3.19. The Labute approximate surface area is 115 Å². The number of fused-ring (bicyclic) bond motifs is 1. The number of H-pyrrole nitrogens is 1. The third kappa shape index (κ3) is 3.10. The van der Waals surface area contributed by atoms with Crippen molar-refractivity contribution in [1.82, 2.24) is 9.88 Å². The van der Waals surface area contributed by atoms with Gasteiger partial charge in [-0.1, -0.05) is 6.92 Å². The summed E-state index contributed by atoms with van der Waals surface area (Å²) in [5.74, 6) is 0.921. The number of nitrogens with zero attached hydrogens (tertiary/aromatic N) is 1. The molecule has 19 heavy (non-hydrogen) atoms. The lowest BCUT2D eigenvalue weighted by Gasteiger charge is -2.24. The van der Waals surface area contributed by atoms with Gasteiger partial charge in [0, 0.05) is 29.7 Å². The van der Waals surface area contributed by atoms with Crippen molar-refractivity contribution in [1.29, 1.82) is 0 Å². The molecule has 2 aromatic rings. The van der Waals surface area contributed by atoms with Gasteiger partial charge in [0.05, 0.1) is 7.11 Å². The molecule has 0 saturated carbocycles. The Hall–Kier alpha value is -1.48. The Bertz CT molecular complexity index is 531. The summed E-state index contributed by atoms with van der Waals surface area (Å²) < 4.78 is 5.31. The molecule has 1 N–H and O–H groups in total. The van der Waals surface area contributed by atoms with E-state index < -0.39 is 0 Å². The van der Waals surface area contributed by atoms with Gasteiger partial charge >= 0.3 is 0 Å². The summed E-state index contributed by atoms with van der Waals surface area (Å²) in [6.45, 7) is 8.92. The molecule has 0 amide bonds. The van der Waals surface area contributed by atoms with E-state index in [-0.39, 0.29) is 0 Å². The molecule has 0 atom stereocenters. The van der Waals surface area contributed by atoms with Crippen LogP contribution in [0.1, 0.15) is 26.3 Å². The van der Waals surface area contributed by atoms with E-state index in [1.165, 1.54) is 16.5 Å². The average Bonchev–Trinajstić information content (AvgIpc) is 2.81. The van der Waals surface area contributed by atoms with E-state index in [9.17, 15) is 0 Å². The molecule has 0 spiro atoms. The molecule has 1 aromatic heterocycles. The first-order chi connectivity index (χ1) is 9.15. The Morgan fingerprint density at radius 2 is 2.11 bits per heavy atom. The number of aromatic amines is 1. The van der Waals surface area contributed by atoms with Crippen LogP contribution in [0, 0.1) is 0 Å². The molecule has 3 heteroatoms. The Kier molecular flexibility index (Phi) is 4.48. The highest BCUT2D eigenvalue weighted by molar-refractivity contribution is 5.84. The molecule has 0 aliphatic heterocycles. The average molecular weight is 260 g/mol.